The Balaban J connectivity index is 1.04. The van der Waals surface area contributed by atoms with E-state index in [-0.39, 0.29) is 5.92 Å². The first-order valence-electron chi connectivity index (χ1n) is 24.0. The van der Waals surface area contributed by atoms with Crippen LogP contribution in [0.4, 0.5) is 0 Å². The lowest BCUT2D eigenvalue weighted by Gasteiger charge is -2.22. The molecule has 0 amide bonds. The molecule has 0 radical (unpaired) electrons. The van der Waals surface area contributed by atoms with Crippen LogP contribution in [0.2, 0.25) is 0 Å². The molecule has 328 valence electrons. The van der Waals surface area contributed by atoms with Crippen LogP contribution in [-0.4, -0.2) is 19.5 Å². The lowest BCUT2D eigenvalue weighted by molar-refractivity contribution is 0.647. The molecule has 4 heterocycles. The van der Waals surface area contributed by atoms with E-state index in [0.717, 1.165) is 106 Å². The maximum absolute atomic E-state index is 7.08. The molecule has 0 fully saturated rings. The number of fused-ring (bicyclic) bond motifs is 13. The summed E-state index contributed by atoms with van der Waals surface area (Å²) in [6.45, 7) is 0. The van der Waals surface area contributed by atoms with Crippen LogP contribution in [0.15, 0.2) is 221 Å². The summed E-state index contributed by atoms with van der Waals surface area (Å²) in [6, 6.07) is 75.3. The standard InChI is InChI=1S/C64H40N4O2/c1-2-18-41(19-3-1)68-53-27-11-8-23-47(53)58-49(25-14-28-54(58)68)62-65-63(50-26-15-31-57-59(50)48-24-10-13-30-56(48)69-57)67-64(66-62)51-35-34-46-44-22-9-12-29-55(44)70-61(46)60(51)45-33-32-40-36-38-16-4-5-17-39(38)37-52(40)43-21-7-6-20-42(43)45/h1-31,34-37,45H,32-33H2. The van der Waals surface area contributed by atoms with Gasteiger partial charge in [0.25, 0.3) is 0 Å². The molecule has 1 aliphatic carbocycles. The van der Waals surface area contributed by atoms with E-state index in [2.05, 4.69) is 187 Å². The van der Waals surface area contributed by atoms with Gasteiger partial charge in [0.1, 0.15) is 22.3 Å². The van der Waals surface area contributed by atoms with Crippen molar-refractivity contribution in [3.8, 4) is 51.0 Å². The molecule has 6 nitrogen and oxygen atoms in total. The summed E-state index contributed by atoms with van der Waals surface area (Å²) in [5, 5.41) is 8.82. The lowest BCUT2D eigenvalue weighted by Crippen LogP contribution is -2.08. The summed E-state index contributed by atoms with van der Waals surface area (Å²) < 4.78 is 15.9. The molecular weight excluding hydrogens is 857 g/mol. The van der Waals surface area contributed by atoms with Crippen LogP contribution in [0, 0.1) is 0 Å². The topological polar surface area (TPSA) is 69.9 Å². The van der Waals surface area contributed by atoms with E-state index in [1.54, 1.807) is 0 Å². The van der Waals surface area contributed by atoms with Crippen molar-refractivity contribution in [1.82, 2.24) is 19.5 Å². The Hall–Kier alpha value is -9.13. The van der Waals surface area contributed by atoms with Crippen LogP contribution in [-0.2, 0) is 6.42 Å². The molecule has 0 saturated carbocycles. The highest BCUT2D eigenvalue weighted by atomic mass is 16.3. The first kappa shape index (κ1) is 38.9. The van der Waals surface area contributed by atoms with Gasteiger partial charge in [-0.1, -0.05) is 152 Å². The fraction of sp³-hybridized carbons (Fsp3) is 0.0469. The van der Waals surface area contributed by atoms with E-state index in [4.69, 9.17) is 23.8 Å². The van der Waals surface area contributed by atoms with Crippen molar-refractivity contribution in [1.29, 1.82) is 0 Å². The molecule has 6 heteroatoms. The van der Waals surface area contributed by atoms with Crippen LogP contribution in [0.3, 0.4) is 0 Å². The van der Waals surface area contributed by atoms with Gasteiger partial charge in [0.05, 0.1) is 11.0 Å². The van der Waals surface area contributed by atoms with Crippen molar-refractivity contribution < 1.29 is 8.83 Å². The summed E-state index contributed by atoms with van der Waals surface area (Å²) in [7, 11) is 0. The minimum Gasteiger partial charge on any atom is -0.456 e. The van der Waals surface area contributed by atoms with Crippen molar-refractivity contribution in [2.24, 2.45) is 0 Å². The third kappa shape index (κ3) is 5.83. The van der Waals surface area contributed by atoms with Gasteiger partial charge in [0.2, 0.25) is 0 Å². The van der Waals surface area contributed by atoms with Gasteiger partial charge in [-0.15, -0.1) is 0 Å². The second-order valence-electron chi connectivity index (χ2n) is 18.5. The Kier molecular flexibility index (Phi) is 8.45. The number of hydrogen-bond donors (Lipinski definition) is 0. The fourth-order valence-corrected chi connectivity index (χ4v) is 11.7. The monoisotopic (exact) mass is 896 g/mol. The van der Waals surface area contributed by atoms with Gasteiger partial charge in [0, 0.05) is 66.2 Å². The Morgan fingerprint density at radius 3 is 1.83 bits per heavy atom. The second kappa shape index (κ2) is 15.2. The fourth-order valence-electron chi connectivity index (χ4n) is 11.7. The molecule has 0 bridgehead atoms. The average molecular weight is 897 g/mol. The Morgan fingerprint density at radius 2 is 1.00 bits per heavy atom. The largest absolute Gasteiger partial charge is 0.456 e. The molecule has 70 heavy (non-hydrogen) atoms. The molecule has 4 aromatic heterocycles. The maximum atomic E-state index is 7.08. The SMILES string of the molecule is c1ccc(-n2c3ccccc3c3c(-c4nc(-c5ccc6c(oc7ccccc76)c5C5CCc6cc7ccccc7cc6-c6ccccc65)nc(-c5cccc6oc7ccccc7c56)n4)cccc32)cc1. The summed E-state index contributed by atoms with van der Waals surface area (Å²) in [4.78, 5) is 16.8. The minimum atomic E-state index is -0.0665. The predicted molar refractivity (Wildman–Crippen MR) is 285 cm³/mol. The van der Waals surface area contributed by atoms with Crippen LogP contribution in [0.1, 0.15) is 29.0 Å². The van der Waals surface area contributed by atoms with E-state index in [1.807, 2.05) is 30.3 Å². The number of aryl methyl sites for hydroxylation is 1. The molecule has 15 rings (SSSR count). The lowest BCUT2D eigenvalue weighted by atomic mass is 9.82. The molecule has 14 aromatic rings. The van der Waals surface area contributed by atoms with E-state index in [9.17, 15) is 0 Å². The quantitative estimate of drug-likeness (QED) is 0.172. The van der Waals surface area contributed by atoms with Gasteiger partial charge < -0.3 is 13.4 Å². The molecule has 0 spiro atoms. The summed E-state index contributed by atoms with van der Waals surface area (Å²) in [5.74, 6) is 1.67. The van der Waals surface area contributed by atoms with Gasteiger partial charge in [0.15, 0.2) is 17.5 Å². The van der Waals surface area contributed by atoms with Crippen LogP contribution in [0.5, 0.6) is 0 Å². The molecule has 1 unspecified atom stereocenters. The molecule has 0 aliphatic heterocycles. The number of benzene rings is 10. The van der Waals surface area contributed by atoms with Crippen molar-refractivity contribution >= 4 is 76.5 Å². The van der Waals surface area contributed by atoms with E-state index < -0.39 is 0 Å². The van der Waals surface area contributed by atoms with Gasteiger partial charge in [-0.25, -0.2) is 15.0 Å². The van der Waals surface area contributed by atoms with Crippen molar-refractivity contribution in [2.45, 2.75) is 18.8 Å². The van der Waals surface area contributed by atoms with Crippen molar-refractivity contribution in [3.05, 3.63) is 229 Å². The highest BCUT2D eigenvalue weighted by Crippen LogP contribution is 2.49. The first-order valence-corrected chi connectivity index (χ1v) is 24.0. The van der Waals surface area contributed by atoms with Crippen LogP contribution >= 0.6 is 0 Å². The number of aromatic nitrogens is 4. The summed E-state index contributed by atoms with van der Waals surface area (Å²) in [5.41, 5.74) is 15.5. The second-order valence-corrected chi connectivity index (χ2v) is 18.5. The minimum absolute atomic E-state index is 0.0665. The maximum Gasteiger partial charge on any atom is 0.164 e. The number of hydrogen-bond acceptors (Lipinski definition) is 5. The van der Waals surface area contributed by atoms with Gasteiger partial charge in [-0.2, -0.15) is 0 Å². The number of nitrogens with zero attached hydrogens (tertiary/aromatic N) is 4. The number of para-hydroxylation sites is 4. The third-order valence-electron chi connectivity index (χ3n) is 14.7. The molecular formula is C64H40N4O2. The zero-order valence-corrected chi connectivity index (χ0v) is 37.8. The summed E-state index contributed by atoms with van der Waals surface area (Å²) in [6.07, 6.45) is 1.74. The molecule has 10 aromatic carbocycles. The highest BCUT2D eigenvalue weighted by molar-refractivity contribution is 6.16. The smallest absolute Gasteiger partial charge is 0.164 e. The van der Waals surface area contributed by atoms with Gasteiger partial charge >= 0.3 is 0 Å². The van der Waals surface area contributed by atoms with Gasteiger partial charge in [-0.3, -0.25) is 0 Å². The van der Waals surface area contributed by atoms with E-state index in [1.165, 1.54) is 33.0 Å². The normalized spacial score (nSPS) is 13.7. The zero-order chi connectivity index (χ0) is 45.9. The number of furan rings is 2. The van der Waals surface area contributed by atoms with Crippen LogP contribution < -0.4 is 0 Å². The van der Waals surface area contributed by atoms with E-state index >= 15 is 0 Å². The third-order valence-corrected chi connectivity index (χ3v) is 14.7. The average Bonchev–Trinajstić information content (AvgIpc) is 4.08. The zero-order valence-electron chi connectivity index (χ0n) is 37.8. The van der Waals surface area contributed by atoms with Crippen molar-refractivity contribution in [3.63, 3.8) is 0 Å². The Morgan fingerprint density at radius 1 is 0.400 bits per heavy atom. The van der Waals surface area contributed by atoms with E-state index in [0.29, 0.717) is 17.5 Å². The highest BCUT2D eigenvalue weighted by Gasteiger charge is 2.31. The molecule has 0 saturated heterocycles. The van der Waals surface area contributed by atoms with Crippen LogP contribution in [0.25, 0.3) is 127 Å². The Labute approximate surface area is 401 Å². The first-order chi connectivity index (χ1) is 34.7. The summed E-state index contributed by atoms with van der Waals surface area (Å²) >= 11 is 0. The molecule has 1 aliphatic rings. The Bertz CT molecular complexity index is 4450. The predicted octanol–water partition coefficient (Wildman–Crippen LogP) is 16.7. The molecule has 1 atom stereocenters. The molecule has 0 N–H and O–H groups in total. The number of rotatable bonds is 5. The van der Waals surface area contributed by atoms with Crippen molar-refractivity contribution in [2.75, 3.05) is 0 Å². The van der Waals surface area contributed by atoms with Gasteiger partial charge in [-0.05, 0) is 107 Å².